The summed E-state index contributed by atoms with van der Waals surface area (Å²) in [6.07, 6.45) is -18.1. The molecule has 0 aromatic carbocycles. The van der Waals surface area contributed by atoms with E-state index in [0.29, 0.717) is 11.1 Å². The lowest BCUT2D eigenvalue weighted by Gasteiger charge is -2.31. The number of aliphatic hydroxyl groups is 1. The quantitative estimate of drug-likeness (QED) is 0.0172. The molecule has 0 bridgehead atoms. The standard InChI is InChI=1S/C53H81N10O29P3S3/c1-26-18-60(50(67)56-42(26)54)47-39(80-15-11-75-6)35(31(87-47)22-78-9)90-94(72,97)84-24-32-36(40(81-16-12-76-7)48(88-32)61-19-27(2)43(55)57-51(61)68)92-95(73,98)85-25-33-37(41(82-17-13-77-8)49(89-33)63-21-29(4)45(66)59-53(63)70)91-93(71,96)83-23-30-34(64)38(79-14-10-74-5)46(86-30)62-20-28(3)44(65)58-52(62)69/h18-21,30-41,46-49,64H,10-17,22-25H2,1-9H3,(H,71,96)(H,72,97)(H,73,98)(H2,54,56,67)(H2,55,57,68)(H,58,65,69)(H,59,66,70)/t30-,31-,32-,33-,34-,35-,36-,37-,38-,39-,40?,41-,46-,47-,48-,49-,93?,94?,95?/m1/s1. The summed E-state index contributed by atoms with van der Waals surface area (Å²) in [6.45, 7) is -11.3. The van der Waals surface area contributed by atoms with Crippen molar-refractivity contribution in [1.29, 1.82) is 0 Å². The zero-order valence-corrected chi connectivity index (χ0v) is 59.6. The predicted molar refractivity (Wildman–Crippen MR) is 349 cm³/mol. The van der Waals surface area contributed by atoms with Gasteiger partial charge in [0.2, 0.25) is 0 Å². The van der Waals surface area contributed by atoms with Gasteiger partial charge in [0.15, 0.2) is 24.9 Å². The van der Waals surface area contributed by atoms with E-state index in [1.165, 1.54) is 68.0 Å². The van der Waals surface area contributed by atoms with Crippen LogP contribution in [0.3, 0.4) is 0 Å². The van der Waals surface area contributed by atoms with Gasteiger partial charge in [-0.2, -0.15) is 9.97 Å². The molecule has 0 amide bonds. The first kappa shape index (κ1) is 79.5. The van der Waals surface area contributed by atoms with E-state index in [-0.39, 0.29) is 82.2 Å². The average molecular weight is 1510 g/mol. The number of aryl methyl sites for hydroxylation is 4. The van der Waals surface area contributed by atoms with E-state index >= 15 is 0 Å². The number of ether oxygens (including phenoxy) is 13. The van der Waals surface area contributed by atoms with E-state index < -0.39 is 172 Å². The summed E-state index contributed by atoms with van der Waals surface area (Å²) in [4.78, 5) is 128. The van der Waals surface area contributed by atoms with Crippen LogP contribution in [-0.4, -0.2) is 246 Å². The number of anilines is 2. The number of H-pyrrole nitrogens is 2. The molecule has 4 aromatic rings. The third-order valence-electron chi connectivity index (χ3n) is 15.6. The highest BCUT2D eigenvalue weighted by Crippen LogP contribution is 2.55. The first-order chi connectivity index (χ1) is 46.5. The highest BCUT2D eigenvalue weighted by molar-refractivity contribution is 8.07. The first-order valence-electron chi connectivity index (χ1n) is 30.0. The molecule has 19 atom stereocenters. The van der Waals surface area contributed by atoms with E-state index in [1.54, 1.807) is 13.8 Å². The molecule has 8 rings (SSSR count). The Bertz CT molecular complexity index is 3890. The molecule has 4 aliphatic heterocycles. The van der Waals surface area contributed by atoms with Gasteiger partial charge >= 0.3 is 42.9 Å². The van der Waals surface area contributed by atoms with Crippen LogP contribution in [0.5, 0.6) is 0 Å². The van der Waals surface area contributed by atoms with Gasteiger partial charge in [0.1, 0.15) is 84.9 Å². The van der Waals surface area contributed by atoms with Gasteiger partial charge in [-0.3, -0.25) is 51.4 Å². The van der Waals surface area contributed by atoms with Crippen LogP contribution in [0, 0.1) is 27.7 Å². The smallest absolute Gasteiger partial charge is 0.351 e. The van der Waals surface area contributed by atoms with Gasteiger partial charge in [-0.1, -0.05) is 0 Å². The molecule has 39 nitrogen and oxygen atoms in total. The fraction of sp³-hybridized carbons (Fsp3) is 0.698. The number of nitrogen functional groups attached to an aromatic ring is 2. The lowest BCUT2D eigenvalue weighted by atomic mass is 10.1. The lowest BCUT2D eigenvalue weighted by molar-refractivity contribution is -0.0842. The zero-order valence-electron chi connectivity index (χ0n) is 54.4. The fourth-order valence-corrected chi connectivity index (χ4v) is 15.1. The first-order valence-corrected chi connectivity index (χ1v) is 37.8. The number of aliphatic hydroxyl groups excluding tert-OH is 1. The van der Waals surface area contributed by atoms with Crippen molar-refractivity contribution in [2.75, 3.05) is 126 Å². The Morgan fingerprint density at radius 1 is 0.439 bits per heavy atom. The number of rotatable bonds is 37. The Morgan fingerprint density at radius 3 is 1.08 bits per heavy atom. The molecule has 0 spiro atoms. The summed E-state index contributed by atoms with van der Waals surface area (Å²) in [5, 5.41) is 11.6. The molecular weight excluding hydrogens is 1430 g/mol. The summed E-state index contributed by atoms with van der Waals surface area (Å²) in [5.74, 6) is -0.149. The van der Waals surface area contributed by atoms with Crippen molar-refractivity contribution in [3.63, 3.8) is 0 Å². The fourth-order valence-electron chi connectivity index (χ4n) is 10.7. The Balaban J connectivity index is 1.10. The topological polar surface area (TPSA) is 488 Å². The Labute approximate surface area is 573 Å². The van der Waals surface area contributed by atoms with Crippen LogP contribution in [0.2, 0.25) is 0 Å². The predicted octanol–water partition coefficient (Wildman–Crippen LogP) is -2.42. The molecule has 0 saturated carbocycles. The number of nitrogens with zero attached hydrogens (tertiary/aromatic N) is 6. The summed E-state index contributed by atoms with van der Waals surface area (Å²) < 4.78 is 117. The normalized spacial score (nSPS) is 29.1. The minimum atomic E-state index is -4.84. The number of aromatic nitrogens is 8. The van der Waals surface area contributed by atoms with Crippen molar-refractivity contribution < 1.29 is 109 Å². The van der Waals surface area contributed by atoms with E-state index in [2.05, 4.69) is 19.9 Å². The van der Waals surface area contributed by atoms with E-state index in [9.17, 15) is 48.6 Å². The van der Waals surface area contributed by atoms with Crippen molar-refractivity contribution in [2.45, 2.75) is 126 Å². The summed E-state index contributed by atoms with van der Waals surface area (Å²) >= 11 is 16.9. The van der Waals surface area contributed by atoms with Crippen LogP contribution in [0.1, 0.15) is 47.2 Å². The van der Waals surface area contributed by atoms with E-state index in [1.807, 2.05) is 0 Å². The van der Waals surface area contributed by atoms with Gasteiger partial charge in [-0.05, 0) is 63.1 Å². The minimum Gasteiger partial charge on any atom is -0.387 e. The van der Waals surface area contributed by atoms with Gasteiger partial charge in [0.25, 0.3) is 11.1 Å². The number of hydrogen-bond acceptors (Lipinski definition) is 33. The molecule has 4 unspecified atom stereocenters. The Kier molecular flexibility index (Phi) is 28.6. The molecule has 4 fully saturated rings. The van der Waals surface area contributed by atoms with Crippen molar-refractivity contribution in [2.24, 2.45) is 0 Å². The number of methoxy groups -OCH3 is 5. The molecule has 10 N–H and O–H groups in total. The second-order valence-electron chi connectivity index (χ2n) is 22.5. The van der Waals surface area contributed by atoms with Gasteiger partial charge in [-0.25, -0.2) is 19.2 Å². The van der Waals surface area contributed by atoms with E-state index in [0.717, 1.165) is 24.5 Å². The molecule has 4 aromatic heterocycles. The zero-order chi connectivity index (χ0) is 71.6. The van der Waals surface area contributed by atoms with Gasteiger partial charge < -0.3 is 106 Å². The van der Waals surface area contributed by atoms with Gasteiger partial charge in [0.05, 0.1) is 79.3 Å². The molecule has 4 saturated heterocycles. The molecule has 0 aliphatic carbocycles. The second kappa shape index (κ2) is 35.3. The van der Waals surface area contributed by atoms with Crippen LogP contribution in [0.25, 0.3) is 0 Å². The monoisotopic (exact) mass is 1510 g/mol. The Morgan fingerprint density at radius 2 is 0.735 bits per heavy atom. The Hall–Kier alpha value is -4.25. The second-order valence-corrected chi connectivity index (χ2v) is 30.8. The number of nitrogens with one attached hydrogen (secondary N) is 2. The third-order valence-corrected chi connectivity index (χ3v) is 20.3. The highest BCUT2D eigenvalue weighted by atomic mass is 32.5. The highest BCUT2D eigenvalue weighted by Gasteiger charge is 2.55. The van der Waals surface area contributed by atoms with Crippen LogP contribution in [0.4, 0.5) is 11.6 Å². The number of aromatic amines is 2. The molecule has 45 heteroatoms. The summed E-state index contributed by atoms with van der Waals surface area (Å²) in [7, 11) is 6.97. The lowest BCUT2D eigenvalue weighted by Crippen LogP contribution is -2.42. The third kappa shape index (κ3) is 19.7. The van der Waals surface area contributed by atoms with Crippen LogP contribution in [0.15, 0.2) is 53.6 Å². The molecule has 8 heterocycles. The van der Waals surface area contributed by atoms with Gasteiger partial charge in [0, 0.05) is 82.6 Å². The maximum Gasteiger partial charge on any atom is 0.351 e. The number of hydrogen-bond donors (Lipinski definition) is 8. The molecule has 98 heavy (non-hydrogen) atoms. The molecule has 0 radical (unpaired) electrons. The maximum atomic E-state index is 13.8. The van der Waals surface area contributed by atoms with Crippen molar-refractivity contribution in [3.8, 4) is 0 Å². The average Bonchev–Trinajstić information content (AvgIpc) is 1.64. The molecule has 4 aliphatic rings. The van der Waals surface area contributed by atoms with Crippen molar-refractivity contribution in [3.05, 3.63) is 110 Å². The molecule has 550 valence electrons. The van der Waals surface area contributed by atoms with Crippen LogP contribution in [-0.2, 0) is 124 Å². The number of nitrogens with two attached hydrogens (primary N) is 2. The largest absolute Gasteiger partial charge is 0.387 e. The molecular formula is C53H81N10O29P3S3. The SMILES string of the molecule is COCCOC1[C@H](n2cc(C)c(N)nc2=O)O[C@H](COP(O)(=S)O[C@H]2[C@@H](OCCOC)[C@H](n3cc(C)c(N)nc3=O)O[C@@H]2COC)[C@H]1OP(O)(=S)OC[C@H]1O[C@@H](n2cc(C)c(=O)[nH]c2=O)[C@H](OCCOC)[C@@H]1OP(O)(=S)OC[C@H]1O[C@@H](n2cc(C)c(=O)[nH]c2=O)[C@H](OCCOC)[C@@H]1O. The summed E-state index contributed by atoms with van der Waals surface area (Å²) in [5.41, 5.74) is 7.81. The van der Waals surface area contributed by atoms with Gasteiger partial charge in [-0.15, -0.1) is 0 Å². The minimum absolute atomic E-state index is 0.0313. The maximum absolute atomic E-state index is 13.8. The van der Waals surface area contributed by atoms with Crippen molar-refractivity contribution in [1.82, 2.24) is 38.2 Å². The van der Waals surface area contributed by atoms with Crippen molar-refractivity contribution >= 4 is 67.2 Å². The van der Waals surface area contributed by atoms with E-state index in [4.69, 9.17) is 136 Å². The summed E-state index contributed by atoms with van der Waals surface area (Å²) in [6, 6.07) is 0. The van der Waals surface area contributed by atoms with Crippen LogP contribution < -0.4 is 45.3 Å². The van der Waals surface area contributed by atoms with Crippen LogP contribution >= 0.6 is 20.2 Å².